The second-order valence-corrected chi connectivity index (χ2v) is 7.66. The third-order valence-corrected chi connectivity index (χ3v) is 5.01. The van der Waals surface area contributed by atoms with Crippen LogP contribution in [0.5, 0.6) is 5.75 Å². The molecule has 0 spiro atoms. The van der Waals surface area contributed by atoms with E-state index in [9.17, 15) is 15.3 Å². The van der Waals surface area contributed by atoms with Crippen LogP contribution in [0.1, 0.15) is 68.3 Å². The summed E-state index contributed by atoms with van der Waals surface area (Å²) in [5, 5.41) is 40.4. The van der Waals surface area contributed by atoms with Gasteiger partial charge in [-0.1, -0.05) is 36.5 Å². The summed E-state index contributed by atoms with van der Waals surface area (Å²) in [6, 6.07) is 6.15. The standard InChI is InChI=1S/C22H26Cl2O5/c1-2-3-5-14(6-4-7-19(26)21-9-8-16(13-25)29-21)10-20(27)17-11-15(23)12-18(24)22(17)28/h4,8-9,11-12,19-20,25-28H,2-3,5,7,10,13H2,1H3/t6?,19-,20-/m1/s1. The first kappa shape index (κ1) is 23.6. The first-order chi connectivity index (χ1) is 13.8. The Hall–Kier alpha value is -1.72. The van der Waals surface area contributed by atoms with Crippen molar-refractivity contribution in [3.8, 4) is 5.75 Å². The summed E-state index contributed by atoms with van der Waals surface area (Å²) < 4.78 is 5.33. The van der Waals surface area contributed by atoms with Gasteiger partial charge in [-0.05, 0) is 48.8 Å². The summed E-state index contributed by atoms with van der Waals surface area (Å²) >= 11 is 11.9. The van der Waals surface area contributed by atoms with Crippen molar-refractivity contribution in [3.63, 3.8) is 0 Å². The molecule has 0 radical (unpaired) electrons. The van der Waals surface area contributed by atoms with E-state index in [1.807, 2.05) is 0 Å². The maximum absolute atomic E-state index is 10.6. The maximum Gasteiger partial charge on any atom is 0.140 e. The zero-order chi connectivity index (χ0) is 21.4. The third-order valence-electron chi connectivity index (χ3n) is 4.50. The molecule has 4 N–H and O–H groups in total. The zero-order valence-electron chi connectivity index (χ0n) is 16.2. The number of hydrogen-bond donors (Lipinski definition) is 4. The summed E-state index contributed by atoms with van der Waals surface area (Å²) in [4.78, 5) is 0. The van der Waals surface area contributed by atoms with Crippen molar-refractivity contribution < 1.29 is 24.8 Å². The number of halogens is 2. The van der Waals surface area contributed by atoms with Gasteiger partial charge in [0.15, 0.2) is 0 Å². The smallest absolute Gasteiger partial charge is 0.140 e. The molecule has 2 atom stereocenters. The SMILES string of the molecule is CCCCC(=C=CC[C@@H](O)c1ccc(CO)o1)C[C@@H](O)c1cc(Cl)cc(Cl)c1O. The van der Waals surface area contributed by atoms with E-state index in [-0.39, 0.29) is 35.8 Å². The van der Waals surface area contributed by atoms with Crippen molar-refractivity contribution in [2.75, 3.05) is 0 Å². The molecule has 0 saturated carbocycles. The number of phenolic OH excluding ortho intramolecular Hbond substituents is 1. The number of hydrogen-bond acceptors (Lipinski definition) is 5. The van der Waals surface area contributed by atoms with Crippen LogP contribution in [0.2, 0.25) is 10.0 Å². The molecule has 0 unspecified atom stereocenters. The van der Waals surface area contributed by atoms with E-state index in [1.165, 1.54) is 12.1 Å². The second kappa shape index (κ2) is 11.5. The summed E-state index contributed by atoms with van der Waals surface area (Å²) in [5.74, 6) is 0.585. The van der Waals surface area contributed by atoms with Crippen molar-refractivity contribution in [3.05, 3.63) is 68.8 Å². The van der Waals surface area contributed by atoms with Gasteiger partial charge in [0.25, 0.3) is 0 Å². The molecular weight excluding hydrogens is 415 g/mol. The molecule has 0 saturated heterocycles. The Kier molecular flexibility index (Phi) is 9.31. The van der Waals surface area contributed by atoms with Crippen LogP contribution < -0.4 is 0 Å². The average Bonchev–Trinajstić information content (AvgIpc) is 3.17. The lowest BCUT2D eigenvalue weighted by molar-refractivity contribution is 0.145. The highest BCUT2D eigenvalue weighted by Gasteiger charge is 2.17. The van der Waals surface area contributed by atoms with Crippen molar-refractivity contribution in [1.82, 2.24) is 0 Å². The van der Waals surface area contributed by atoms with Crippen molar-refractivity contribution in [2.24, 2.45) is 0 Å². The number of aliphatic hydroxyl groups is 3. The Labute approximate surface area is 180 Å². The van der Waals surface area contributed by atoms with Gasteiger partial charge in [-0.25, -0.2) is 0 Å². The normalized spacial score (nSPS) is 13.0. The van der Waals surface area contributed by atoms with Gasteiger partial charge in [0.05, 0.1) is 11.1 Å². The number of benzene rings is 1. The van der Waals surface area contributed by atoms with Gasteiger partial charge in [-0.2, -0.15) is 0 Å². The minimum absolute atomic E-state index is 0.0880. The number of unbranched alkanes of at least 4 members (excludes halogenated alkanes) is 1. The molecule has 2 aromatic rings. The van der Waals surface area contributed by atoms with E-state index >= 15 is 0 Å². The van der Waals surface area contributed by atoms with Gasteiger partial charge in [-0.3, -0.25) is 0 Å². The lowest BCUT2D eigenvalue weighted by Gasteiger charge is -2.15. The third kappa shape index (κ3) is 6.93. The van der Waals surface area contributed by atoms with Gasteiger partial charge < -0.3 is 24.8 Å². The van der Waals surface area contributed by atoms with Crippen LogP contribution in [0.4, 0.5) is 0 Å². The Balaban J connectivity index is 2.14. The molecule has 0 fully saturated rings. The lowest BCUT2D eigenvalue weighted by Crippen LogP contribution is -2.00. The molecule has 1 aromatic carbocycles. The summed E-state index contributed by atoms with van der Waals surface area (Å²) in [6.45, 7) is 1.85. The van der Waals surface area contributed by atoms with E-state index in [1.54, 1.807) is 18.2 Å². The quantitative estimate of drug-likeness (QED) is 0.360. The van der Waals surface area contributed by atoms with Gasteiger partial charge in [0.1, 0.15) is 30.0 Å². The van der Waals surface area contributed by atoms with Crippen LogP contribution in [0.3, 0.4) is 0 Å². The minimum Gasteiger partial charge on any atom is -0.506 e. The Bertz CT molecular complexity index is 868. The molecule has 0 amide bonds. The molecule has 1 aromatic heterocycles. The summed E-state index contributed by atoms with van der Waals surface area (Å²) in [5.41, 5.74) is 4.29. The second-order valence-electron chi connectivity index (χ2n) is 6.81. The molecule has 0 aliphatic heterocycles. The molecule has 158 valence electrons. The molecule has 29 heavy (non-hydrogen) atoms. The number of phenols is 1. The van der Waals surface area contributed by atoms with E-state index in [4.69, 9.17) is 32.7 Å². The highest BCUT2D eigenvalue weighted by atomic mass is 35.5. The molecule has 2 rings (SSSR count). The predicted molar refractivity (Wildman–Crippen MR) is 113 cm³/mol. The van der Waals surface area contributed by atoms with E-state index in [0.29, 0.717) is 16.5 Å². The lowest BCUT2D eigenvalue weighted by atomic mass is 9.97. The first-order valence-electron chi connectivity index (χ1n) is 9.52. The van der Waals surface area contributed by atoms with Crippen LogP contribution in [-0.2, 0) is 6.61 Å². The maximum atomic E-state index is 10.6. The topological polar surface area (TPSA) is 94.1 Å². The average molecular weight is 441 g/mol. The number of aliphatic hydroxyl groups excluding tert-OH is 3. The highest BCUT2D eigenvalue weighted by Crippen LogP contribution is 2.37. The van der Waals surface area contributed by atoms with Crippen LogP contribution in [0.25, 0.3) is 0 Å². The molecule has 7 heteroatoms. The van der Waals surface area contributed by atoms with Crippen molar-refractivity contribution >= 4 is 23.2 Å². The Morgan fingerprint density at radius 2 is 1.97 bits per heavy atom. The van der Waals surface area contributed by atoms with Gasteiger partial charge in [-0.15, -0.1) is 5.73 Å². The number of rotatable bonds is 10. The molecular formula is C22H26Cl2O5. The van der Waals surface area contributed by atoms with Gasteiger partial charge in [0.2, 0.25) is 0 Å². The number of furan rings is 1. The molecule has 0 aliphatic carbocycles. The molecule has 0 aliphatic rings. The van der Waals surface area contributed by atoms with Crippen LogP contribution in [-0.4, -0.2) is 20.4 Å². The monoisotopic (exact) mass is 440 g/mol. The minimum atomic E-state index is -0.985. The molecule has 5 nitrogen and oxygen atoms in total. The largest absolute Gasteiger partial charge is 0.506 e. The highest BCUT2D eigenvalue weighted by molar-refractivity contribution is 6.35. The Morgan fingerprint density at radius 3 is 2.62 bits per heavy atom. The van der Waals surface area contributed by atoms with Crippen LogP contribution in [0, 0.1) is 0 Å². The van der Waals surface area contributed by atoms with E-state index < -0.39 is 12.2 Å². The van der Waals surface area contributed by atoms with Crippen molar-refractivity contribution in [1.29, 1.82) is 0 Å². The predicted octanol–water partition coefficient (Wildman–Crippen LogP) is 5.60. The number of aromatic hydroxyl groups is 1. The van der Waals surface area contributed by atoms with Gasteiger partial charge in [0, 0.05) is 23.4 Å². The van der Waals surface area contributed by atoms with Crippen LogP contribution in [0.15, 0.2) is 46.1 Å². The molecule has 1 heterocycles. The summed E-state index contributed by atoms with van der Waals surface area (Å²) in [7, 11) is 0. The van der Waals surface area contributed by atoms with Crippen molar-refractivity contribution in [2.45, 2.75) is 57.8 Å². The fourth-order valence-corrected chi connectivity index (χ4v) is 3.41. The van der Waals surface area contributed by atoms with E-state index in [2.05, 4.69) is 12.7 Å². The zero-order valence-corrected chi connectivity index (χ0v) is 17.7. The van der Waals surface area contributed by atoms with E-state index in [0.717, 1.165) is 24.8 Å². The fourth-order valence-electron chi connectivity index (χ4n) is 2.90. The Morgan fingerprint density at radius 1 is 1.21 bits per heavy atom. The first-order valence-corrected chi connectivity index (χ1v) is 10.3. The summed E-state index contributed by atoms with van der Waals surface area (Å²) in [6.07, 6.45) is 3.03. The van der Waals surface area contributed by atoms with Gasteiger partial charge >= 0.3 is 0 Å². The fraction of sp³-hybridized carbons (Fsp3) is 0.409. The molecule has 0 bridgehead atoms. The van der Waals surface area contributed by atoms with Crippen LogP contribution >= 0.6 is 23.2 Å².